The van der Waals surface area contributed by atoms with Crippen LogP contribution in [0.1, 0.15) is 5.56 Å². The van der Waals surface area contributed by atoms with Gasteiger partial charge < -0.3 is 28.8 Å². The Morgan fingerprint density at radius 1 is 1.00 bits per heavy atom. The van der Waals surface area contributed by atoms with Crippen molar-refractivity contribution in [2.45, 2.75) is 6.42 Å². The fourth-order valence-electron chi connectivity index (χ4n) is 3.60. The fourth-order valence-corrected chi connectivity index (χ4v) is 3.60. The lowest BCUT2D eigenvalue weighted by molar-refractivity contribution is -0.839. The van der Waals surface area contributed by atoms with Gasteiger partial charge in [-0.15, -0.1) is 0 Å². The molecule has 0 radical (unpaired) electrons. The first kappa shape index (κ1) is 17.7. The lowest BCUT2D eigenvalue weighted by Crippen LogP contribution is -2.34. The van der Waals surface area contributed by atoms with Crippen molar-refractivity contribution < 1.29 is 23.6 Å². The van der Waals surface area contributed by atoms with E-state index in [-0.39, 0.29) is 11.4 Å². The largest absolute Gasteiger partial charge is 0.633 e. The van der Waals surface area contributed by atoms with Gasteiger partial charge in [-0.3, -0.25) is 0 Å². The summed E-state index contributed by atoms with van der Waals surface area (Å²) < 4.78 is 22.0. The number of hydrogen-bond donors (Lipinski definition) is 0. The molecule has 6 nitrogen and oxygen atoms in total. The molecule has 27 heavy (non-hydrogen) atoms. The Kier molecular flexibility index (Phi) is 4.25. The molecule has 0 saturated carbocycles. The molecule has 0 aromatic heterocycles. The highest BCUT2D eigenvalue weighted by Crippen LogP contribution is 2.45. The average molecular weight is 369 g/mol. The molecule has 3 aromatic carbocycles. The summed E-state index contributed by atoms with van der Waals surface area (Å²) in [7, 11) is 6.57. The van der Waals surface area contributed by atoms with E-state index in [0.717, 1.165) is 38.6 Å². The predicted molar refractivity (Wildman–Crippen MR) is 105 cm³/mol. The molecule has 3 aromatic rings. The van der Waals surface area contributed by atoms with Gasteiger partial charge in [0.25, 0.3) is 0 Å². The molecule has 0 atom stereocenters. The van der Waals surface area contributed by atoms with Gasteiger partial charge in [0.2, 0.25) is 6.79 Å². The molecule has 1 aliphatic rings. The molecule has 0 aliphatic carbocycles. The number of ether oxygens (including phenoxy) is 4. The number of nitrogens with zero attached hydrogens (tertiary/aromatic N) is 1. The average Bonchev–Trinajstić information content (AvgIpc) is 3.10. The van der Waals surface area contributed by atoms with Crippen LogP contribution in [0.2, 0.25) is 0 Å². The minimum absolute atomic E-state index is 0.228. The van der Waals surface area contributed by atoms with Gasteiger partial charge in [-0.1, -0.05) is 12.1 Å². The van der Waals surface area contributed by atoms with Gasteiger partial charge in [0.05, 0.1) is 34.9 Å². The molecule has 0 N–H and O–H groups in total. The fraction of sp³-hybridized carbons (Fsp3) is 0.333. The lowest BCUT2D eigenvalue weighted by Gasteiger charge is -2.34. The number of rotatable bonds is 5. The van der Waals surface area contributed by atoms with E-state index >= 15 is 0 Å². The van der Waals surface area contributed by atoms with Crippen LogP contribution in [0.4, 0.5) is 0 Å². The van der Waals surface area contributed by atoms with E-state index in [1.807, 2.05) is 18.2 Å². The zero-order valence-electron chi connectivity index (χ0n) is 16.0. The topological polar surface area (TPSA) is 60.0 Å². The molecule has 0 bridgehead atoms. The van der Waals surface area contributed by atoms with Gasteiger partial charge in [-0.05, 0) is 39.9 Å². The molecule has 0 fully saturated rings. The summed E-state index contributed by atoms with van der Waals surface area (Å²) in [5, 5.41) is 16.1. The minimum atomic E-state index is -0.345. The van der Waals surface area contributed by atoms with Crippen molar-refractivity contribution in [1.82, 2.24) is 0 Å². The summed E-state index contributed by atoms with van der Waals surface area (Å²) in [6, 6.07) is 10.1. The zero-order chi connectivity index (χ0) is 19.2. The predicted octanol–water partition coefficient (Wildman–Crippen LogP) is 3.86. The van der Waals surface area contributed by atoms with E-state index in [9.17, 15) is 5.21 Å². The third-order valence-electron chi connectivity index (χ3n) is 4.96. The maximum Gasteiger partial charge on any atom is 0.231 e. The highest BCUT2D eigenvalue weighted by atomic mass is 16.7. The Labute approximate surface area is 158 Å². The molecule has 4 rings (SSSR count). The third kappa shape index (κ3) is 3.11. The molecule has 0 amide bonds. The number of benzene rings is 3. The van der Waals surface area contributed by atoms with Crippen LogP contribution >= 0.6 is 0 Å². The molecule has 1 heterocycles. The summed E-state index contributed by atoms with van der Waals surface area (Å²) in [4.78, 5) is 0. The molecular weight excluding hydrogens is 346 g/mol. The molecule has 6 heteroatoms. The molecule has 0 saturated heterocycles. The van der Waals surface area contributed by atoms with Crippen LogP contribution in [0.5, 0.6) is 23.0 Å². The van der Waals surface area contributed by atoms with Crippen molar-refractivity contribution in [3.05, 3.63) is 41.1 Å². The van der Waals surface area contributed by atoms with Gasteiger partial charge in [0.1, 0.15) is 0 Å². The second-order valence-electron chi connectivity index (χ2n) is 7.23. The van der Waals surface area contributed by atoms with Crippen LogP contribution in [0.15, 0.2) is 30.3 Å². The molecule has 0 spiro atoms. The van der Waals surface area contributed by atoms with Crippen LogP contribution < -0.4 is 18.9 Å². The second-order valence-corrected chi connectivity index (χ2v) is 7.23. The van der Waals surface area contributed by atoms with Crippen molar-refractivity contribution >= 4 is 21.5 Å². The first-order valence-corrected chi connectivity index (χ1v) is 8.85. The van der Waals surface area contributed by atoms with Crippen molar-refractivity contribution in [3.63, 3.8) is 0 Å². The van der Waals surface area contributed by atoms with Crippen molar-refractivity contribution in [3.8, 4) is 23.0 Å². The van der Waals surface area contributed by atoms with Gasteiger partial charge in [0.15, 0.2) is 23.0 Å². The highest BCUT2D eigenvalue weighted by molar-refractivity contribution is 6.13. The Hall–Kier alpha value is -2.70. The normalized spacial score (nSPS) is 13.4. The van der Waals surface area contributed by atoms with Gasteiger partial charge in [0, 0.05) is 11.8 Å². The maximum absolute atomic E-state index is 12.1. The van der Waals surface area contributed by atoms with Gasteiger partial charge in [-0.25, -0.2) is 0 Å². The van der Waals surface area contributed by atoms with Crippen LogP contribution in [0.3, 0.4) is 0 Å². The molecule has 142 valence electrons. The van der Waals surface area contributed by atoms with E-state index in [4.69, 9.17) is 18.9 Å². The first-order valence-electron chi connectivity index (χ1n) is 8.85. The molecule has 1 aliphatic heterocycles. The van der Waals surface area contributed by atoms with E-state index < -0.39 is 0 Å². The van der Waals surface area contributed by atoms with Gasteiger partial charge >= 0.3 is 0 Å². The van der Waals surface area contributed by atoms with Gasteiger partial charge in [-0.2, -0.15) is 0 Å². The van der Waals surface area contributed by atoms with E-state index in [0.29, 0.717) is 24.5 Å². The summed E-state index contributed by atoms with van der Waals surface area (Å²) >= 11 is 0. The second kappa shape index (κ2) is 6.48. The SMILES string of the molecule is COc1cc(CC[N+](C)(C)[O-])c2ccc3cc4c(cc3c2c1OC)OCO4. The smallest absolute Gasteiger partial charge is 0.231 e. The van der Waals surface area contributed by atoms with Crippen LogP contribution in [0.25, 0.3) is 21.5 Å². The number of hydroxylamine groups is 3. The lowest BCUT2D eigenvalue weighted by atomic mass is 9.95. The van der Waals surface area contributed by atoms with E-state index in [1.165, 1.54) is 0 Å². The highest BCUT2D eigenvalue weighted by Gasteiger charge is 2.20. The Morgan fingerprint density at radius 3 is 2.41 bits per heavy atom. The number of quaternary nitrogens is 1. The summed E-state index contributed by atoms with van der Waals surface area (Å²) in [6.45, 7) is 0.704. The standard InChI is InChI=1S/C21H23NO5/c1-22(2,23)8-7-14-10-19(24-3)21(25-4)20-15(14)6-5-13-9-17-18(11-16(13)20)27-12-26-17/h5-6,9-11H,7-8,12H2,1-4H3. The number of methoxy groups -OCH3 is 2. The Bertz CT molecular complexity index is 1020. The van der Waals surface area contributed by atoms with E-state index in [2.05, 4.69) is 12.1 Å². The molecule has 0 unspecified atom stereocenters. The summed E-state index contributed by atoms with van der Waals surface area (Å²) in [6.07, 6.45) is 0.642. The van der Waals surface area contributed by atoms with Crippen molar-refractivity contribution in [1.29, 1.82) is 0 Å². The van der Waals surface area contributed by atoms with Crippen LogP contribution in [0, 0.1) is 5.21 Å². The summed E-state index contributed by atoms with van der Waals surface area (Å²) in [5.74, 6) is 2.80. The van der Waals surface area contributed by atoms with Crippen LogP contribution in [-0.2, 0) is 6.42 Å². The molecular formula is C21H23NO5. The number of hydrogen-bond acceptors (Lipinski definition) is 5. The number of fused-ring (bicyclic) bond motifs is 4. The number of likely N-dealkylation sites (N-methyl/N-ethyl adjacent to an activating group) is 1. The van der Waals surface area contributed by atoms with E-state index in [1.54, 1.807) is 28.3 Å². The summed E-state index contributed by atoms with van der Waals surface area (Å²) in [5.41, 5.74) is 1.06. The van der Waals surface area contributed by atoms with Crippen molar-refractivity contribution in [2.75, 3.05) is 41.7 Å². The first-order chi connectivity index (χ1) is 12.9. The quantitative estimate of drug-likeness (QED) is 0.388. The monoisotopic (exact) mass is 369 g/mol. The zero-order valence-corrected chi connectivity index (χ0v) is 16.0. The van der Waals surface area contributed by atoms with Crippen LogP contribution in [-0.4, -0.2) is 46.3 Å². The Balaban J connectivity index is 2.01. The Morgan fingerprint density at radius 2 is 1.74 bits per heavy atom. The van der Waals surface area contributed by atoms with Crippen molar-refractivity contribution in [2.24, 2.45) is 0 Å². The minimum Gasteiger partial charge on any atom is -0.633 e. The maximum atomic E-state index is 12.1. The third-order valence-corrected chi connectivity index (χ3v) is 4.96.